The van der Waals surface area contributed by atoms with Crippen LogP contribution >= 0.6 is 0 Å². The average Bonchev–Trinajstić information content (AvgIpc) is 2.40. The molecule has 2 aromatic rings. The zero-order chi connectivity index (χ0) is 15.6. The van der Waals surface area contributed by atoms with Crippen molar-refractivity contribution in [3.63, 3.8) is 0 Å². The molecular weight excluding hydrogens is 266 g/mol. The fourth-order valence-electron chi connectivity index (χ4n) is 1.86. The molecule has 5 heteroatoms. The average molecular weight is 285 g/mol. The second-order valence-corrected chi connectivity index (χ2v) is 5.85. The molecule has 0 aliphatic rings. The summed E-state index contributed by atoms with van der Waals surface area (Å²) in [4.78, 5) is 15.3. The molecule has 1 amide bonds. The number of hydrogen-bond donors (Lipinski definition) is 2. The molecule has 0 saturated carbocycles. The molecule has 110 valence electrons. The second kappa shape index (κ2) is 5.44. The number of ether oxygens (including phenoxy) is 1. The van der Waals surface area contributed by atoms with Gasteiger partial charge in [0.2, 0.25) is 5.88 Å². The van der Waals surface area contributed by atoms with Gasteiger partial charge in [-0.05, 0) is 23.1 Å². The number of rotatable bonds is 3. The molecule has 0 unspecified atom stereocenters. The lowest BCUT2D eigenvalue weighted by Gasteiger charge is -2.19. The monoisotopic (exact) mass is 285 g/mol. The van der Waals surface area contributed by atoms with Crippen LogP contribution in [-0.4, -0.2) is 10.9 Å². The van der Waals surface area contributed by atoms with Crippen molar-refractivity contribution >= 4 is 11.6 Å². The molecule has 0 spiro atoms. The Morgan fingerprint density at radius 1 is 1.24 bits per heavy atom. The summed E-state index contributed by atoms with van der Waals surface area (Å²) in [6, 6.07) is 9.18. The highest BCUT2D eigenvalue weighted by Crippen LogP contribution is 2.28. The molecule has 0 atom stereocenters. The Morgan fingerprint density at radius 2 is 1.95 bits per heavy atom. The first-order valence-electron chi connectivity index (χ1n) is 6.61. The summed E-state index contributed by atoms with van der Waals surface area (Å²) in [7, 11) is 0. The van der Waals surface area contributed by atoms with Crippen LogP contribution in [0.2, 0.25) is 0 Å². The van der Waals surface area contributed by atoms with Gasteiger partial charge in [0, 0.05) is 6.07 Å². The lowest BCUT2D eigenvalue weighted by atomic mass is 9.87. The van der Waals surface area contributed by atoms with Crippen LogP contribution in [0, 0.1) is 0 Å². The summed E-state index contributed by atoms with van der Waals surface area (Å²) in [6.07, 6.45) is 1.36. The van der Waals surface area contributed by atoms with Gasteiger partial charge in [0.25, 0.3) is 5.91 Å². The molecule has 1 aromatic heterocycles. The summed E-state index contributed by atoms with van der Waals surface area (Å²) < 4.78 is 5.69. The lowest BCUT2D eigenvalue weighted by molar-refractivity contribution is 0.100. The summed E-state index contributed by atoms with van der Waals surface area (Å²) in [5, 5.41) is 0. The maximum Gasteiger partial charge on any atom is 0.251 e. The number of aromatic nitrogens is 1. The van der Waals surface area contributed by atoms with Crippen LogP contribution in [0.5, 0.6) is 11.6 Å². The molecule has 1 aromatic carbocycles. The number of nitrogens with zero attached hydrogens (tertiary/aromatic N) is 1. The van der Waals surface area contributed by atoms with Gasteiger partial charge >= 0.3 is 0 Å². The summed E-state index contributed by atoms with van der Waals surface area (Å²) in [6.45, 7) is 6.37. The van der Waals surface area contributed by atoms with E-state index in [1.54, 1.807) is 0 Å². The zero-order valence-corrected chi connectivity index (χ0v) is 12.4. The highest BCUT2D eigenvalue weighted by Gasteiger charge is 2.15. The Labute approximate surface area is 123 Å². The van der Waals surface area contributed by atoms with E-state index in [4.69, 9.17) is 16.2 Å². The van der Waals surface area contributed by atoms with E-state index >= 15 is 0 Å². The van der Waals surface area contributed by atoms with Gasteiger partial charge in [0.05, 0.1) is 17.4 Å². The minimum Gasteiger partial charge on any atom is -0.439 e. The highest BCUT2D eigenvalue weighted by atomic mass is 16.5. The predicted molar refractivity (Wildman–Crippen MR) is 82.4 cm³/mol. The first kappa shape index (κ1) is 14.8. The van der Waals surface area contributed by atoms with E-state index in [0.29, 0.717) is 5.75 Å². The molecule has 1 heterocycles. The third kappa shape index (κ3) is 3.51. The quantitative estimate of drug-likeness (QED) is 0.907. The molecule has 0 radical (unpaired) electrons. The number of hydrogen-bond acceptors (Lipinski definition) is 4. The Morgan fingerprint density at radius 3 is 2.57 bits per heavy atom. The molecule has 21 heavy (non-hydrogen) atoms. The third-order valence-corrected chi connectivity index (χ3v) is 3.10. The van der Waals surface area contributed by atoms with Crippen LogP contribution in [-0.2, 0) is 5.41 Å². The molecule has 0 fully saturated rings. The van der Waals surface area contributed by atoms with E-state index in [0.717, 1.165) is 5.56 Å². The molecule has 4 N–H and O–H groups in total. The summed E-state index contributed by atoms with van der Waals surface area (Å²) in [5.74, 6) is 0.322. The third-order valence-electron chi connectivity index (χ3n) is 3.10. The van der Waals surface area contributed by atoms with E-state index in [9.17, 15) is 4.79 Å². The van der Waals surface area contributed by atoms with Gasteiger partial charge in [-0.3, -0.25) is 4.79 Å². The van der Waals surface area contributed by atoms with Gasteiger partial charge < -0.3 is 16.2 Å². The van der Waals surface area contributed by atoms with Crippen LogP contribution < -0.4 is 16.2 Å². The van der Waals surface area contributed by atoms with Gasteiger partial charge in [-0.25, -0.2) is 4.98 Å². The number of nitrogen functional groups attached to an aromatic ring is 1. The van der Waals surface area contributed by atoms with Crippen molar-refractivity contribution in [3.8, 4) is 11.6 Å². The summed E-state index contributed by atoms with van der Waals surface area (Å²) >= 11 is 0. The predicted octanol–water partition coefficient (Wildman–Crippen LogP) is 2.85. The van der Waals surface area contributed by atoms with Crippen molar-refractivity contribution in [1.29, 1.82) is 0 Å². The van der Waals surface area contributed by atoms with E-state index in [1.165, 1.54) is 12.3 Å². The van der Waals surface area contributed by atoms with Crippen molar-refractivity contribution in [2.24, 2.45) is 5.73 Å². The minimum absolute atomic E-state index is 0.0201. The number of carbonyl (C=O) groups excluding carboxylic acids is 1. The van der Waals surface area contributed by atoms with Crippen molar-refractivity contribution in [2.75, 3.05) is 5.73 Å². The smallest absolute Gasteiger partial charge is 0.251 e. The first-order chi connectivity index (χ1) is 9.77. The van der Waals surface area contributed by atoms with E-state index < -0.39 is 5.91 Å². The van der Waals surface area contributed by atoms with Crippen LogP contribution in [0.4, 0.5) is 5.69 Å². The standard InChI is InChI=1S/C16H19N3O2/c1-16(2,3)10-5-4-6-11(7-10)21-14-8-12(15(18)20)13(17)9-19-14/h4-9H,17H2,1-3H3,(H2,18,20). The van der Waals surface area contributed by atoms with Crippen LogP contribution in [0.25, 0.3) is 0 Å². The SMILES string of the molecule is CC(C)(C)c1cccc(Oc2cc(C(N)=O)c(N)cn2)c1. The molecule has 2 rings (SSSR count). The zero-order valence-electron chi connectivity index (χ0n) is 12.4. The molecule has 0 aliphatic heterocycles. The van der Waals surface area contributed by atoms with Gasteiger partial charge in [-0.2, -0.15) is 0 Å². The maximum atomic E-state index is 11.3. The number of nitrogens with two attached hydrogens (primary N) is 2. The highest BCUT2D eigenvalue weighted by molar-refractivity contribution is 5.98. The first-order valence-corrected chi connectivity index (χ1v) is 6.61. The van der Waals surface area contributed by atoms with Crippen LogP contribution in [0.15, 0.2) is 36.5 Å². The van der Waals surface area contributed by atoms with Crippen molar-refractivity contribution < 1.29 is 9.53 Å². The van der Waals surface area contributed by atoms with Crippen LogP contribution in [0.3, 0.4) is 0 Å². The number of anilines is 1. The van der Waals surface area contributed by atoms with Gasteiger partial charge in [-0.1, -0.05) is 32.9 Å². The Bertz CT molecular complexity index is 675. The van der Waals surface area contributed by atoms with E-state index in [2.05, 4.69) is 25.8 Å². The second-order valence-electron chi connectivity index (χ2n) is 5.85. The Kier molecular flexibility index (Phi) is 3.84. The van der Waals surface area contributed by atoms with Gasteiger partial charge in [0.1, 0.15) is 5.75 Å². The summed E-state index contributed by atoms with van der Waals surface area (Å²) in [5.41, 5.74) is 12.5. The Balaban J connectivity index is 2.31. The fourth-order valence-corrected chi connectivity index (χ4v) is 1.86. The number of benzene rings is 1. The van der Waals surface area contributed by atoms with Crippen molar-refractivity contribution in [1.82, 2.24) is 4.98 Å². The molecule has 0 aliphatic carbocycles. The van der Waals surface area contributed by atoms with Crippen molar-refractivity contribution in [2.45, 2.75) is 26.2 Å². The number of carbonyl (C=O) groups is 1. The molecular formula is C16H19N3O2. The normalized spacial score (nSPS) is 11.2. The fraction of sp³-hybridized carbons (Fsp3) is 0.250. The number of primary amides is 1. The van der Waals surface area contributed by atoms with Gasteiger partial charge in [-0.15, -0.1) is 0 Å². The molecule has 0 bridgehead atoms. The largest absolute Gasteiger partial charge is 0.439 e. The Hall–Kier alpha value is -2.56. The van der Waals surface area contributed by atoms with E-state index in [-0.39, 0.29) is 22.5 Å². The molecule has 0 saturated heterocycles. The van der Waals surface area contributed by atoms with Crippen molar-refractivity contribution in [3.05, 3.63) is 47.7 Å². The topological polar surface area (TPSA) is 91.2 Å². The minimum atomic E-state index is -0.608. The molecule has 5 nitrogen and oxygen atoms in total. The van der Waals surface area contributed by atoms with E-state index in [1.807, 2.05) is 24.3 Å². The van der Waals surface area contributed by atoms with Crippen LogP contribution in [0.1, 0.15) is 36.7 Å². The lowest BCUT2D eigenvalue weighted by Crippen LogP contribution is -2.14. The number of pyridine rings is 1. The van der Waals surface area contributed by atoms with Gasteiger partial charge in [0.15, 0.2) is 0 Å². The maximum absolute atomic E-state index is 11.3. The number of amides is 1.